The molecule has 31 heavy (non-hydrogen) atoms. The highest BCUT2D eigenvalue weighted by atomic mass is 16.2. The summed E-state index contributed by atoms with van der Waals surface area (Å²) in [5.41, 5.74) is 2.22. The molecule has 1 aromatic carbocycles. The zero-order chi connectivity index (χ0) is 22.0. The minimum absolute atomic E-state index is 0.137. The molecular weight excluding hydrogens is 390 g/mol. The van der Waals surface area contributed by atoms with Crippen LogP contribution in [-0.2, 0) is 29.1 Å². The van der Waals surface area contributed by atoms with Crippen LogP contribution in [0.4, 0.5) is 0 Å². The van der Waals surface area contributed by atoms with E-state index in [0.717, 1.165) is 49.7 Å². The monoisotopic (exact) mass is 423 g/mol. The molecule has 0 radical (unpaired) electrons. The van der Waals surface area contributed by atoms with Crippen molar-refractivity contribution in [3.05, 3.63) is 47.0 Å². The van der Waals surface area contributed by atoms with Crippen molar-refractivity contribution in [3.63, 3.8) is 0 Å². The lowest BCUT2D eigenvalue weighted by molar-refractivity contribution is -0.133. The fraction of sp³-hybridized carbons (Fsp3) is 0.583. The molecule has 2 amide bonds. The molecule has 0 aliphatic carbocycles. The zero-order valence-electron chi connectivity index (χ0n) is 18.9. The number of fused-ring (bicyclic) bond motifs is 1. The molecule has 7 heteroatoms. The van der Waals surface area contributed by atoms with Gasteiger partial charge in [-0.3, -0.25) is 9.59 Å². The molecule has 0 bridgehead atoms. The van der Waals surface area contributed by atoms with E-state index < -0.39 is 0 Å². The van der Waals surface area contributed by atoms with Crippen LogP contribution in [0.15, 0.2) is 24.3 Å². The van der Waals surface area contributed by atoms with E-state index >= 15 is 0 Å². The highest BCUT2D eigenvalue weighted by molar-refractivity contribution is 5.79. The predicted molar refractivity (Wildman–Crippen MR) is 118 cm³/mol. The lowest BCUT2D eigenvalue weighted by Crippen LogP contribution is -2.41. The van der Waals surface area contributed by atoms with E-state index in [2.05, 4.69) is 34.7 Å². The SMILES string of the molecule is Cc1cccc(CC(=O)N2CCn3c(nnc3C3CCN(C(=O)CC(C)C)CC3)C2)c1. The summed E-state index contributed by atoms with van der Waals surface area (Å²) in [6.45, 7) is 9.74. The van der Waals surface area contributed by atoms with Crippen LogP contribution in [0.1, 0.15) is 61.8 Å². The topological polar surface area (TPSA) is 71.3 Å². The number of nitrogens with zero attached hydrogens (tertiary/aromatic N) is 5. The maximum absolute atomic E-state index is 12.8. The molecule has 2 aliphatic heterocycles. The summed E-state index contributed by atoms with van der Waals surface area (Å²) in [5, 5.41) is 8.92. The molecule has 0 unspecified atom stereocenters. The van der Waals surface area contributed by atoms with Crippen molar-refractivity contribution < 1.29 is 9.59 Å². The summed E-state index contributed by atoms with van der Waals surface area (Å²) < 4.78 is 2.20. The average molecular weight is 424 g/mol. The molecule has 4 rings (SSSR count). The van der Waals surface area contributed by atoms with E-state index in [-0.39, 0.29) is 11.8 Å². The second kappa shape index (κ2) is 9.20. The molecule has 0 saturated carbocycles. The number of aromatic nitrogens is 3. The first-order valence-electron chi connectivity index (χ1n) is 11.4. The Hall–Kier alpha value is -2.70. The highest BCUT2D eigenvalue weighted by Gasteiger charge is 2.31. The van der Waals surface area contributed by atoms with Gasteiger partial charge in [0.2, 0.25) is 11.8 Å². The van der Waals surface area contributed by atoms with Gasteiger partial charge in [-0.15, -0.1) is 10.2 Å². The standard InChI is InChI=1S/C24H33N5O2/c1-17(2)13-22(30)27-9-7-20(8-10-27)24-26-25-21-16-28(11-12-29(21)24)23(31)15-19-6-4-5-18(3)14-19/h4-6,14,17,20H,7-13,15-16H2,1-3H3. The number of amides is 2. The minimum Gasteiger partial charge on any atom is -0.343 e. The first-order valence-corrected chi connectivity index (χ1v) is 11.4. The van der Waals surface area contributed by atoms with Gasteiger partial charge in [0.1, 0.15) is 5.82 Å². The fourth-order valence-electron chi connectivity index (χ4n) is 4.67. The lowest BCUT2D eigenvalue weighted by Gasteiger charge is -2.33. The number of likely N-dealkylation sites (tertiary alicyclic amines) is 1. The predicted octanol–water partition coefficient (Wildman–Crippen LogP) is 2.92. The Bertz CT molecular complexity index is 943. The molecule has 3 heterocycles. The van der Waals surface area contributed by atoms with Gasteiger partial charge in [0.15, 0.2) is 5.82 Å². The Kier molecular flexibility index (Phi) is 6.39. The number of rotatable bonds is 5. The van der Waals surface area contributed by atoms with Crippen molar-refractivity contribution in [2.75, 3.05) is 19.6 Å². The summed E-state index contributed by atoms with van der Waals surface area (Å²) in [7, 11) is 0. The summed E-state index contributed by atoms with van der Waals surface area (Å²) in [6, 6.07) is 8.12. The minimum atomic E-state index is 0.137. The van der Waals surface area contributed by atoms with Crippen LogP contribution in [0.2, 0.25) is 0 Å². The van der Waals surface area contributed by atoms with Crippen molar-refractivity contribution in [1.82, 2.24) is 24.6 Å². The average Bonchev–Trinajstić information content (AvgIpc) is 3.16. The number of benzene rings is 1. The van der Waals surface area contributed by atoms with Crippen molar-refractivity contribution in [2.45, 2.75) is 65.5 Å². The van der Waals surface area contributed by atoms with Gasteiger partial charge in [-0.2, -0.15) is 0 Å². The number of hydrogen-bond acceptors (Lipinski definition) is 4. The maximum atomic E-state index is 12.8. The second-order valence-electron chi connectivity index (χ2n) is 9.36. The van der Waals surface area contributed by atoms with Gasteiger partial charge < -0.3 is 14.4 Å². The summed E-state index contributed by atoms with van der Waals surface area (Å²) in [6.07, 6.45) is 2.90. The Balaban J connectivity index is 1.35. The Morgan fingerprint density at radius 1 is 1.03 bits per heavy atom. The van der Waals surface area contributed by atoms with Gasteiger partial charge in [-0.05, 0) is 31.2 Å². The van der Waals surface area contributed by atoms with E-state index in [1.54, 1.807) is 0 Å². The summed E-state index contributed by atoms with van der Waals surface area (Å²) in [4.78, 5) is 29.0. The van der Waals surface area contributed by atoms with E-state index in [4.69, 9.17) is 0 Å². The number of carbonyl (C=O) groups excluding carboxylic acids is 2. The Morgan fingerprint density at radius 2 is 1.81 bits per heavy atom. The molecule has 2 aliphatic rings. The zero-order valence-corrected chi connectivity index (χ0v) is 18.9. The normalized spacial score (nSPS) is 17.2. The van der Waals surface area contributed by atoms with Crippen molar-refractivity contribution in [2.24, 2.45) is 5.92 Å². The van der Waals surface area contributed by atoms with E-state index in [1.165, 1.54) is 5.56 Å². The van der Waals surface area contributed by atoms with Gasteiger partial charge in [0, 0.05) is 38.5 Å². The number of carbonyl (C=O) groups is 2. The van der Waals surface area contributed by atoms with Gasteiger partial charge in [0.25, 0.3) is 0 Å². The van der Waals surface area contributed by atoms with E-state index in [9.17, 15) is 9.59 Å². The van der Waals surface area contributed by atoms with Crippen LogP contribution >= 0.6 is 0 Å². The number of aryl methyl sites for hydroxylation is 1. The van der Waals surface area contributed by atoms with E-state index in [1.807, 2.05) is 34.9 Å². The number of hydrogen-bond donors (Lipinski definition) is 0. The molecule has 0 spiro atoms. The molecule has 1 saturated heterocycles. The molecule has 1 aromatic heterocycles. The molecule has 0 atom stereocenters. The van der Waals surface area contributed by atoms with Crippen LogP contribution in [0.5, 0.6) is 0 Å². The van der Waals surface area contributed by atoms with Gasteiger partial charge in [-0.1, -0.05) is 43.7 Å². The Labute approximate surface area is 184 Å². The highest BCUT2D eigenvalue weighted by Crippen LogP contribution is 2.29. The lowest BCUT2D eigenvalue weighted by atomic mass is 9.95. The van der Waals surface area contributed by atoms with Crippen molar-refractivity contribution in [3.8, 4) is 0 Å². The third-order valence-corrected chi connectivity index (χ3v) is 6.37. The quantitative estimate of drug-likeness (QED) is 0.741. The number of piperidine rings is 1. The van der Waals surface area contributed by atoms with E-state index in [0.29, 0.717) is 37.8 Å². The Morgan fingerprint density at radius 3 is 2.52 bits per heavy atom. The van der Waals surface area contributed by atoms with Crippen LogP contribution in [-0.4, -0.2) is 56.0 Å². The maximum Gasteiger partial charge on any atom is 0.227 e. The second-order valence-corrected chi connectivity index (χ2v) is 9.36. The van der Waals surface area contributed by atoms with Crippen LogP contribution < -0.4 is 0 Å². The molecule has 2 aromatic rings. The third kappa shape index (κ3) is 4.97. The van der Waals surface area contributed by atoms with Crippen molar-refractivity contribution in [1.29, 1.82) is 0 Å². The molecular formula is C24H33N5O2. The largest absolute Gasteiger partial charge is 0.343 e. The van der Waals surface area contributed by atoms with Crippen LogP contribution in [0.25, 0.3) is 0 Å². The molecule has 166 valence electrons. The molecule has 0 N–H and O–H groups in total. The van der Waals surface area contributed by atoms with Gasteiger partial charge in [0.05, 0.1) is 13.0 Å². The van der Waals surface area contributed by atoms with Crippen LogP contribution in [0, 0.1) is 12.8 Å². The fourth-order valence-corrected chi connectivity index (χ4v) is 4.67. The first kappa shape index (κ1) is 21.5. The summed E-state index contributed by atoms with van der Waals surface area (Å²) in [5.74, 6) is 3.02. The van der Waals surface area contributed by atoms with Crippen LogP contribution in [0.3, 0.4) is 0 Å². The van der Waals surface area contributed by atoms with Gasteiger partial charge >= 0.3 is 0 Å². The molecule has 7 nitrogen and oxygen atoms in total. The van der Waals surface area contributed by atoms with Gasteiger partial charge in [-0.25, -0.2) is 0 Å². The van der Waals surface area contributed by atoms with Crippen molar-refractivity contribution >= 4 is 11.8 Å². The first-order chi connectivity index (χ1) is 14.9. The molecule has 1 fully saturated rings. The smallest absolute Gasteiger partial charge is 0.227 e. The third-order valence-electron chi connectivity index (χ3n) is 6.37. The summed E-state index contributed by atoms with van der Waals surface area (Å²) >= 11 is 0.